The number of nitrogens with zero attached hydrogens (tertiary/aromatic N) is 1. The number of carbonyl (C=O) groups excluding carboxylic acids is 2. The van der Waals surface area contributed by atoms with Crippen LogP contribution in [0.5, 0.6) is 0 Å². The van der Waals surface area contributed by atoms with Crippen molar-refractivity contribution in [3.05, 3.63) is 77.7 Å². The van der Waals surface area contributed by atoms with Crippen LogP contribution >= 0.6 is 0 Å². The van der Waals surface area contributed by atoms with Gasteiger partial charge in [-0.05, 0) is 87.3 Å². The van der Waals surface area contributed by atoms with Crippen molar-refractivity contribution in [3.8, 4) is 0 Å². The molecule has 0 spiro atoms. The molecule has 1 aromatic carbocycles. The molecule has 0 radical (unpaired) electrons. The first-order valence-corrected chi connectivity index (χ1v) is 15.8. The summed E-state index contributed by atoms with van der Waals surface area (Å²) < 4.78 is 33.0. The number of ketones is 2. The van der Waals surface area contributed by atoms with E-state index in [0.717, 1.165) is 18.4 Å². The van der Waals surface area contributed by atoms with Crippen LogP contribution < -0.4 is 5.73 Å². The fraction of sp³-hybridized carbons (Fsp3) is 0.543. The summed E-state index contributed by atoms with van der Waals surface area (Å²) in [4.78, 5) is 26.0. The molecule has 5 fully saturated rings. The number of alkyl halides is 1. The molecule has 8 rings (SSSR count). The van der Waals surface area contributed by atoms with E-state index in [1.54, 1.807) is 13.0 Å². The molecule has 1 saturated heterocycles. The smallest absolute Gasteiger partial charge is 0.193 e. The van der Waals surface area contributed by atoms with E-state index in [0.29, 0.717) is 30.5 Å². The molecule has 9 atom stereocenters. The molecule has 6 aliphatic rings. The molecule has 4 saturated carbocycles. The van der Waals surface area contributed by atoms with E-state index in [2.05, 4.69) is 16.7 Å². The third-order valence-corrected chi connectivity index (χ3v) is 12.6. The second kappa shape index (κ2) is 9.00. The number of halogens is 1. The van der Waals surface area contributed by atoms with E-state index in [-0.39, 0.29) is 23.7 Å². The summed E-state index contributed by atoms with van der Waals surface area (Å²) in [6, 6.07) is 9.86. The number of aliphatic hydroxyl groups excluding tert-OH is 2. The molecule has 2 heterocycles. The molecule has 1 aromatic heterocycles. The van der Waals surface area contributed by atoms with Gasteiger partial charge in [0.2, 0.25) is 0 Å². The maximum atomic E-state index is 17.6. The second-order valence-corrected chi connectivity index (χ2v) is 14.4. The number of allylic oxidation sites excluding steroid dienone is 4. The lowest BCUT2D eigenvalue weighted by atomic mass is 9.44. The largest absolute Gasteiger partial charge is 0.399 e. The van der Waals surface area contributed by atoms with Crippen LogP contribution in [0.1, 0.15) is 69.8 Å². The maximum Gasteiger partial charge on any atom is 0.193 e. The van der Waals surface area contributed by atoms with Crippen LogP contribution in [-0.2, 0) is 24.6 Å². The lowest BCUT2D eigenvalue weighted by Crippen LogP contribution is -2.69. The van der Waals surface area contributed by atoms with Crippen LogP contribution in [0.15, 0.2) is 66.5 Å². The standard InChI is InChI=1S/C35H39FN2O6/c1-31-11-9-24(40)15-22(31)5-8-25-26-16-29-35(28(42)19-39,32(26,2)17-27(41)34(25,31)36)44-30(43-29)20-10-14-38(18-20)33(12-13-33)21-3-6-23(37)7-4-21/h3-4,6-7,9-11,14-15,18,25-27,29-30,39,41H,5,8,12-13,16-17,19,37H2,1-2H3/t25-,26-,27-,29+,30+,31-,32-,34-,35+/m0/s1. The highest BCUT2D eigenvalue weighted by Crippen LogP contribution is 2.72. The van der Waals surface area contributed by atoms with Crippen LogP contribution in [0.3, 0.4) is 0 Å². The van der Waals surface area contributed by atoms with Crippen molar-refractivity contribution < 1.29 is 33.7 Å². The zero-order valence-electron chi connectivity index (χ0n) is 25.0. The van der Waals surface area contributed by atoms with Crippen LogP contribution in [-0.4, -0.2) is 56.4 Å². The number of hydrogen-bond donors (Lipinski definition) is 3. The summed E-state index contributed by atoms with van der Waals surface area (Å²) in [5, 5.41) is 22.0. The Labute approximate surface area is 255 Å². The van der Waals surface area contributed by atoms with Crippen molar-refractivity contribution in [2.45, 2.75) is 87.7 Å². The van der Waals surface area contributed by atoms with Crippen molar-refractivity contribution in [2.24, 2.45) is 22.7 Å². The lowest BCUT2D eigenvalue weighted by Gasteiger charge is -2.62. The molecule has 232 valence electrons. The van der Waals surface area contributed by atoms with Gasteiger partial charge in [-0.3, -0.25) is 9.59 Å². The number of ether oxygens (including phenoxy) is 2. The molecule has 1 aliphatic heterocycles. The number of aliphatic hydroxyl groups is 2. The van der Waals surface area contributed by atoms with Gasteiger partial charge in [-0.2, -0.15) is 0 Å². The molecular formula is C35H39FN2O6. The second-order valence-electron chi connectivity index (χ2n) is 14.4. The Morgan fingerprint density at radius 2 is 1.91 bits per heavy atom. The minimum atomic E-state index is -2.03. The van der Waals surface area contributed by atoms with Gasteiger partial charge in [0, 0.05) is 40.4 Å². The van der Waals surface area contributed by atoms with Crippen molar-refractivity contribution in [3.63, 3.8) is 0 Å². The number of anilines is 1. The number of Topliss-reactive ketones (excluding diaryl/α,β-unsaturated/α-hetero) is 1. The van der Waals surface area contributed by atoms with Gasteiger partial charge >= 0.3 is 0 Å². The zero-order valence-corrected chi connectivity index (χ0v) is 25.0. The minimum absolute atomic E-state index is 0.0328. The molecule has 5 aliphatic carbocycles. The van der Waals surface area contributed by atoms with E-state index >= 15 is 4.39 Å². The van der Waals surface area contributed by atoms with Gasteiger partial charge in [0.15, 0.2) is 29.1 Å². The number of carbonyl (C=O) groups is 2. The van der Waals surface area contributed by atoms with Gasteiger partial charge < -0.3 is 30.0 Å². The molecule has 44 heavy (non-hydrogen) atoms. The molecular weight excluding hydrogens is 563 g/mol. The Bertz CT molecular complexity index is 1630. The summed E-state index contributed by atoms with van der Waals surface area (Å²) >= 11 is 0. The molecule has 0 unspecified atom stereocenters. The van der Waals surface area contributed by atoms with Gasteiger partial charge in [-0.15, -0.1) is 0 Å². The number of hydrogen-bond acceptors (Lipinski definition) is 7. The molecule has 4 N–H and O–H groups in total. The third-order valence-electron chi connectivity index (χ3n) is 12.6. The third kappa shape index (κ3) is 3.31. The summed E-state index contributed by atoms with van der Waals surface area (Å²) in [6.45, 7) is 2.93. The van der Waals surface area contributed by atoms with Crippen molar-refractivity contribution >= 4 is 17.3 Å². The first kappa shape index (κ1) is 28.4. The first-order valence-electron chi connectivity index (χ1n) is 15.8. The van der Waals surface area contributed by atoms with E-state index in [1.165, 1.54) is 17.7 Å². The average Bonchev–Trinajstić information content (AvgIpc) is 3.37. The molecule has 8 nitrogen and oxygen atoms in total. The first-order chi connectivity index (χ1) is 20.9. The lowest BCUT2D eigenvalue weighted by molar-refractivity contribution is -0.231. The van der Waals surface area contributed by atoms with Crippen molar-refractivity contribution in [1.82, 2.24) is 4.57 Å². The number of nitrogens with two attached hydrogens (primary N) is 1. The van der Waals surface area contributed by atoms with Crippen LogP contribution in [0.2, 0.25) is 0 Å². The van der Waals surface area contributed by atoms with Crippen molar-refractivity contribution in [2.75, 3.05) is 12.3 Å². The Morgan fingerprint density at radius 1 is 1.16 bits per heavy atom. The van der Waals surface area contributed by atoms with Crippen LogP contribution in [0.4, 0.5) is 10.1 Å². The topological polar surface area (TPSA) is 124 Å². The number of benzene rings is 1. The monoisotopic (exact) mass is 602 g/mol. The van der Waals surface area contributed by atoms with E-state index in [4.69, 9.17) is 15.2 Å². The summed E-state index contributed by atoms with van der Waals surface area (Å²) in [5.74, 6) is -1.60. The Morgan fingerprint density at radius 3 is 2.61 bits per heavy atom. The summed E-state index contributed by atoms with van der Waals surface area (Å²) in [7, 11) is 0. The van der Waals surface area contributed by atoms with E-state index in [1.807, 2.05) is 37.5 Å². The fourth-order valence-corrected chi connectivity index (χ4v) is 10.1. The highest BCUT2D eigenvalue weighted by Gasteiger charge is 2.79. The summed E-state index contributed by atoms with van der Waals surface area (Å²) in [6.07, 6.45) is 8.83. The number of aromatic nitrogens is 1. The van der Waals surface area contributed by atoms with Crippen molar-refractivity contribution in [1.29, 1.82) is 0 Å². The minimum Gasteiger partial charge on any atom is -0.399 e. The van der Waals surface area contributed by atoms with Gasteiger partial charge in [-0.1, -0.05) is 30.7 Å². The van der Waals surface area contributed by atoms with Gasteiger partial charge in [-0.25, -0.2) is 4.39 Å². The van der Waals surface area contributed by atoms with E-state index in [9.17, 15) is 19.8 Å². The Hall–Kier alpha value is -3.11. The predicted molar refractivity (Wildman–Crippen MR) is 159 cm³/mol. The average molecular weight is 603 g/mol. The molecule has 0 bridgehead atoms. The zero-order chi connectivity index (χ0) is 30.9. The highest BCUT2D eigenvalue weighted by atomic mass is 19.1. The van der Waals surface area contributed by atoms with Gasteiger partial charge in [0.1, 0.15) is 6.61 Å². The molecule has 0 amide bonds. The Kier molecular flexibility index (Phi) is 5.80. The summed E-state index contributed by atoms with van der Waals surface area (Å²) in [5.41, 5.74) is 3.42. The van der Waals surface area contributed by atoms with Crippen LogP contribution in [0.25, 0.3) is 0 Å². The van der Waals surface area contributed by atoms with Crippen LogP contribution in [0, 0.1) is 22.7 Å². The number of rotatable bonds is 5. The highest BCUT2D eigenvalue weighted by molar-refractivity contribution is 6.01. The SMILES string of the molecule is C[C@]12C=CC(=O)C=C1CC[C@H]1[C@@H]3C[C@H]4O[C@@H](c5ccn(C6(c7ccc(N)cc7)CC6)c5)O[C@@]4(C(=O)CO)[C@@]3(C)C[C@H](O)[C@@]12F. The fourth-order valence-electron chi connectivity index (χ4n) is 10.1. The van der Waals surface area contributed by atoms with E-state index < -0.39 is 58.9 Å². The Balaban J connectivity index is 1.13. The predicted octanol–water partition coefficient (Wildman–Crippen LogP) is 4.30. The number of fused-ring (bicyclic) bond motifs is 7. The molecule has 2 aromatic rings. The quantitative estimate of drug-likeness (QED) is 0.436. The maximum absolute atomic E-state index is 17.6. The van der Waals surface area contributed by atoms with Gasteiger partial charge in [0.05, 0.1) is 17.7 Å². The number of nitrogen functional groups attached to an aromatic ring is 1. The van der Waals surface area contributed by atoms with Gasteiger partial charge in [0.25, 0.3) is 0 Å². The normalized spacial score (nSPS) is 43.1. The molecule has 9 heteroatoms.